The van der Waals surface area contributed by atoms with Crippen LogP contribution < -0.4 is 5.32 Å². The third-order valence-corrected chi connectivity index (χ3v) is 2.56. The highest BCUT2D eigenvalue weighted by atomic mass is 16.6. The van der Waals surface area contributed by atoms with Crippen LogP contribution in [0, 0.1) is 0 Å². The lowest BCUT2D eigenvalue weighted by molar-refractivity contribution is -0.0139. The topological polar surface area (TPSA) is 41.6 Å². The molecule has 0 aromatic heterocycles. The first-order chi connectivity index (χ1) is 6.85. The summed E-state index contributed by atoms with van der Waals surface area (Å²) in [7, 11) is 0. The Kier molecular flexibility index (Phi) is 3.60. The first kappa shape index (κ1) is 12.3. The third kappa shape index (κ3) is 3.09. The molecule has 1 fully saturated rings. The van der Waals surface area contributed by atoms with Gasteiger partial charge < -0.3 is 15.0 Å². The lowest BCUT2D eigenvalue weighted by Gasteiger charge is -2.46. The van der Waals surface area contributed by atoms with Crippen LogP contribution in [-0.4, -0.2) is 41.8 Å². The molecule has 1 saturated heterocycles. The first-order valence-electron chi connectivity index (χ1n) is 5.58. The standard InChI is InChI=1S/C11H22N2O2/c1-6-12-9-7-13(8(9)2)10(14)15-11(3,4)5/h8-9,12H,6-7H2,1-5H3. The zero-order valence-electron chi connectivity index (χ0n) is 10.3. The van der Waals surface area contributed by atoms with Crippen LogP contribution in [0.1, 0.15) is 34.6 Å². The Morgan fingerprint density at radius 2 is 2.13 bits per heavy atom. The Bertz CT molecular complexity index is 235. The molecule has 0 bridgehead atoms. The number of hydrogen-bond acceptors (Lipinski definition) is 3. The van der Waals surface area contributed by atoms with Crippen molar-refractivity contribution in [3.8, 4) is 0 Å². The smallest absolute Gasteiger partial charge is 0.410 e. The number of likely N-dealkylation sites (N-methyl/N-ethyl adjacent to an activating group) is 1. The van der Waals surface area contributed by atoms with E-state index in [0.717, 1.165) is 13.1 Å². The fourth-order valence-electron chi connectivity index (χ4n) is 1.67. The normalized spacial score (nSPS) is 26.1. The van der Waals surface area contributed by atoms with Crippen LogP contribution in [0.2, 0.25) is 0 Å². The average molecular weight is 214 g/mol. The molecule has 4 nitrogen and oxygen atoms in total. The number of amides is 1. The van der Waals surface area contributed by atoms with Crippen LogP contribution in [0.25, 0.3) is 0 Å². The minimum atomic E-state index is -0.403. The van der Waals surface area contributed by atoms with Gasteiger partial charge in [-0.05, 0) is 34.2 Å². The van der Waals surface area contributed by atoms with Gasteiger partial charge in [0.15, 0.2) is 0 Å². The second-order valence-corrected chi connectivity index (χ2v) is 5.04. The summed E-state index contributed by atoms with van der Waals surface area (Å²) in [4.78, 5) is 13.4. The number of carbonyl (C=O) groups excluding carboxylic acids is 1. The van der Waals surface area contributed by atoms with E-state index in [4.69, 9.17) is 4.74 Å². The molecule has 88 valence electrons. The van der Waals surface area contributed by atoms with Crippen molar-refractivity contribution in [2.45, 2.75) is 52.3 Å². The molecule has 0 aliphatic carbocycles. The summed E-state index contributed by atoms with van der Waals surface area (Å²) >= 11 is 0. The molecule has 0 aromatic carbocycles. The Balaban J connectivity index is 2.39. The zero-order chi connectivity index (χ0) is 11.6. The van der Waals surface area contributed by atoms with Crippen LogP contribution in [0.3, 0.4) is 0 Å². The van der Waals surface area contributed by atoms with E-state index in [2.05, 4.69) is 12.2 Å². The molecule has 1 amide bonds. The lowest BCUT2D eigenvalue weighted by Crippen LogP contribution is -2.66. The molecule has 1 rings (SSSR count). The summed E-state index contributed by atoms with van der Waals surface area (Å²) in [5, 5.41) is 3.33. The summed E-state index contributed by atoms with van der Waals surface area (Å²) in [6, 6.07) is 0.655. The Labute approximate surface area is 92.0 Å². The van der Waals surface area contributed by atoms with Gasteiger partial charge in [0.05, 0.1) is 0 Å². The molecule has 1 N–H and O–H groups in total. The minimum Gasteiger partial charge on any atom is -0.444 e. The predicted octanol–water partition coefficient (Wildman–Crippen LogP) is 1.60. The lowest BCUT2D eigenvalue weighted by atomic mass is 9.99. The van der Waals surface area contributed by atoms with Gasteiger partial charge >= 0.3 is 6.09 Å². The van der Waals surface area contributed by atoms with E-state index >= 15 is 0 Å². The van der Waals surface area contributed by atoms with Crippen LogP contribution >= 0.6 is 0 Å². The van der Waals surface area contributed by atoms with Crippen molar-refractivity contribution in [3.05, 3.63) is 0 Å². The van der Waals surface area contributed by atoms with E-state index < -0.39 is 5.60 Å². The van der Waals surface area contributed by atoms with Crippen molar-refractivity contribution in [2.75, 3.05) is 13.1 Å². The minimum absolute atomic E-state index is 0.204. The second-order valence-electron chi connectivity index (χ2n) is 5.04. The Morgan fingerprint density at radius 1 is 1.53 bits per heavy atom. The van der Waals surface area contributed by atoms with Gasteiger partial charge in [0, 0.05) is 18.6 Å². The van der Waals surface area contributed by atoms with Gasteiger partial charge in [0.1, 0.15) is 5.60 Å². The third-order valence-electron chi connectivity index (χ3n) is 2.56. The number of rotatable bonds is 2. The van der Waals surface area contributed by atoms with Gasteiger partial charge in [0.25, 0.3) is 0 Å². The number of nitrogens with zero attached hydrogens (tertiary/aromatic N) is 1. The monoisotopic (exact) mass is 214 g/mol. The van der Waals surface area contributed by atoms with Crippen molar-refractivity contribution >= 4 is 6.09 Å². The van der Waals surface area contributed by atoms with Crippen LogP contribution in [0.5, 0.6) is 0 Å². The SMILES string of the molecule is CCNC1CN(C(=O)OC(C)(C)C)C1C. The Hall–Kier alpha value is -0.770. The van der Waals surface area contributed by atoms with E-state index in [1.165, 1.54) is 0 Å². The molecular formula is C11H22N2O2. The summed E-state index contributed by atoms with van der Waals surface area (Å²) in [5.74, 6) is 0. The van der Waals surface area contributed by atoms with Gasteiger partial charge in [-0.25, -0.2) is 4.79 Å². The summed E-state index contributed by atoms with van der Waals surface area (Å²) in [6.07, 6.45) is -0.204. The fraction of sp³-hybridized carbons (Fsp3) is 0.909. The van der Waals surface area contributed by atoms with Crippen molar-refractivity contribution < 1.29 is 9.53 Å². The largest absolute Gasteiger partial charge is 0.444 e. The van der Waals surface area contributed by atoms with Crippen molar-refractivity contribution in [3.63, 3.8) is 0 Å². The molecule has 2 atom stereocenters. The van der Waals surface area contributed by atoms with E-state index in [1.807, 2.05) is 27.7 Å². The second kappa shape index (κ2) is 4.39. The van der Waals surface area contributed by atoms with Crippen LogP contribution in [0.4, 0.5) is 4.79 Å². The molecule has 4 heteroatoms. The molecule has 0 aromatic rings. The maximum absolute atomic E-state index is 11.7. The molecule has 1 aliphatic rings. The number of nitrogens with one attached hydrogen (secondary N) is 1. The van der Waals surface area contributed by atoms with E-state index in [0.29, 0.717) is 6.04 Å². The number of hydrogen-bond donors (Lipinski definition) is 1. The molecule has 15 heavy (non-hydrogen) atoms. The maximum Gasteiger partial charge on any atom is 0.410 e. The highest BCUT2D eigenvalue weighted by Crippen LogP contribution is 2.21. The number of likely N-dealkylation sites (tertiary alicyclic amines) is 1. The van der Waals surface area contributed by atoms with E-state index in [1.54, 1.807) is 4.90 Å². The van der Waals surface area contributed by atoms with E-state index in [-0.39, 0.29) is 12.1 Å². The van der Waals surface area contributed by atoms with Gasteiger partial charge in [0.2, 0.25) is 0 Å². The van der Waals surface area contributed by atoms with Gasteiger partial charge in [-0.1, -0.05) is 6.92 Å². The van der Waals surface area contributed by atoms with Gasteiger partial charge in [-0.2, -0.15) is 0 Å². The molecule has 1 heterocycles. The van der Waals surface area contributed by atoms with Crippen molar-refractivity contribution in [1.29, 1.82) is 0 Å². The highest BCUT2D eigenvalue weighted by Gasteiger charge is 2.40. The fourth-order valence-corrected chi connectivity index (χ4v) is 1.67. The van der Waals surface area contributed by atoms with Crippen molar-refractivity contribution in [1.82, 2.24) is 10.2 Å². The number of carbonyl (C=O) groups is 1. The predicted molar refractivity (Wildman–Crippen MR) is 59.9 cm³/mol. The molecule has 2 unspecified atom stereocenters. The molecular weight excluding hydrogens is 192 g/mol. The van der Waals surface area contributed by atoms with Crippen molar-refractivity contribution in [2.24, 2.45) is 0 Å². The van der Waals surface area contributed by atoms with Gasteiger partial charge in [-0.3, -0.25) is 0 Å². The van der Waals surface area contributed by atoms with Crippen LogP contribution in [0.15, 0.2) is 0 Å². The maximum atomic E-state index is 11.7. The summed E-state index contributed by atoms with van der Waals surface area (Å²) in [6.45, 7) is 11.5. The molecule has 0 radical (unpaired) electrons. The summed E-state index contributed by atoms with van der Waals surface area (Å²) in [5.41, 5.74) is -0.403. The Morgan fingerprint density at radius 3 is 2.53 bits per heavy atom. The summed E-state index contributed by atoms with van der Waals surface area (Å²) < 4.78 is 5.30. The zero-order valence-corrected chi connectivity index (χ0v) is 10.3. The first-order valence-corrected chi connectivity index (χ1v) is 5.58. The van der Waals surface area contributed by atoms with Crippen LogP contribution in [-0.2, 0) is 4.74 Å². The molecule has 0 spiro atoms. The highest BCUT2D eigenvalue weighted by molar-refractivity contribution is 5.70. The van der Waals surface area contributed by atoms with E-state index in [9.17, 15) is 4.79 Å². The van der Waals surface area contributed by atoms with Gasteiger partial charge in [-0.15, -0.1) is 0 Å². The molecule has 1 aliphatic heterocycles. The quantitative estimate of drug-likeness (QED) is 0.759. The average Bonchev–Trinajstić information content (AvgIpc) is 2.07. The molecule has 0 saturated carbocycles. The number of ether oxygens (including phenoxy) is 1.